The highest BCUT2D eigenvalue weighted by Gasteiger charge is 2.36. The summed E-state index contributed by atoms with van der Waals surface area (Å²) in [6.45, 7) is 2.52. The zero-order valence-electron chi connectivity index (χ0n) is 15.6. The minimum atomic E-state index is -4.64. The van der Waals surface area contributed by atoms with Crippen molar-refractivity contribution in [2.45, 2.75) is 38.4 Å². The molecule has 5 nitrogen and oxygen atoms in total. The number of amides is 1. The minimum absolute atomic E-state index is 0.00856. The summed E-state index contributed by atoms with van der Waals surface area (Å²) in [6, 6.07) is 9.16. The molecule has 1 amide bonds. The largest absolute Gasteiger partial charge is 0.433 e. The van der Waals surface area contributed by atoms with Gasteiger partial charge in [-0.1, -0.05) is 28.1 Å². The number of alkyl halides is 3. The number of carbonyl (C=O) groups excluding carboxylic acids is 1. The number of likely N-dealkylation sites (tertiary alicyclic amines) is 1. The molecule has 1 aliphatic heterocycles. The average Bonchev–Trinajstić information content (AvgIpc) is 3.11. The molecule has 0 N–H and O–H groups in total. The first-order chi connectivity index (χ1) is 13.7. The van der Waals surface area contributed by atoms with Crippen molar-refractivity contribution in [2.75, 3.05) is 6.54 Å². The molecule has 1 atom stereocenters. The zero-order chi connectivity index (χ0) is 20.8. The van der Waals surface area contributed by atoms with Crippen LogP contribution in [0.5, 0.6) is 0 Å². The highest BCUT2D eigenvalue weighted by Crippen LogP contribution is 2.33. The van der Waals surface area contributed by atoms with Crippen molar-refractivity contribution >= 4 is 27.5 Å². The highest BCUT2D eigenvalue weighted by molar-refractivity contribution is 9.10. The first kappa shape index (κ1) is 19.9. The predicted octanol–water partition coefficient (Wildman–Crippen LogP) is 5.19. The molecule has 0 bridgehead atoms. The molecule has 152 valence electrons. The topological polar surface area (TPSA) is 50.5 Å². The summed E-state index contributed by atoms with van der Waals surface area (Å²) in [5.74, 6) is -0.360. The number of benzene rings is 1. The lowest BCUT2D eigenvalue weighted by Gasteiger charge is -2.32. The van der Waals surface area contributed by atoms with Gasteiger partial charge in [0.25, 0.3) is 5.91 Å². The molecule has 4 rings (SSSR count). The molecule has 2 aromatic heterocycles. The van der Waals surface area contributed by atoms with Gasteiger partial charge in [-0.15, -0.1) is 0 Å². The lowest BCUT2D eigenvalue weighted by atomic mass is 10.0. The smallest absolute Gasteiger partial charge is 0.335 e. The lowest BCUT2D eigenvalue weighted by Crippen LogP contribution is -2.42. The number of aromatic nitrogens is 3. The van der Waals surface area contributed by atoms with E-state index >= 15 is 0 Å². The molecule has 0 saturated carbocycles. The second-order valence-corrected chi connectivity index (χ2v) is 8.09. The molecule has 3 aromatic rings. The maximum atomic E-state index is 13.7. The summed E-state index contributed by atoms with van der Waals surface area (Å²) in [4.78, 5) is 18.9. The van der Waals surface area contributed by atoms with Crippen molar-refractivity contribution < 1.29 is 18.0 Å². The Balaban J connectivity index is 1.82. The Kier molecular flexibility index (Phi) is 5.10. The number of hydrogen-bond acceptors (Lipinski definition) is 3. The van der Waals surface area contributed by atoms with E-state index < -0.39 is 11.9 Å². The van der Waals surface area contributed by atoms with Gasteiger partial charge in [-0.2, -0.15) is 18.3 Å². The van der Waals surface area contributed by atoms with Crippen LogP contribution in [-0.2, 0) is 6.18 Å². The van der Waals surface area contributed by atoms with Gasteiger partial charge in [0, 0.05) is 28.7 Å². The quantitative estimate of drug-likeness (QED) is 0.521. The Morgan fingerprint density at radius 3 is 2.55 bits per heavy atom. The molecular weight excluding hydrogens is 449 g/mol. The maximum absolute atomic E-state index is 13.7. The predicted molar refractivity (Wildman–Crippen MR) is 105 cm³/mol. The maximum Gasteiger partial charge on any atom is 0.433 e. The molecule has 1 unspecified atom stereocenters. The Morgan fingerprint density at radius 2 is 1.90 bits per heavy atom. The third-order valence-corrected chi connectivity index (χ3v) is 5.67. The normalized spacial score (nSPS) is 17.7. The lowest BCUT2D eigenvalue weighted by molar-refractivity contribution is -0.142. The fourth-order valence-corrected chi connectivity index (χ4v) is 3.86. The van der Waals surface area contributed by atoms with E-state index in [9.17, 15) is 18.0 Å². The summed E-state index contributed by atoms with van der Waals surface area (Å²) < 4.78 is 42.7. The number of piperidine rings is 1. The van der Waals surface area contributed by atoms with Gasteiger partial charge in [0.2, 0.25) is 0 Å². The van der Waals surface area contributed by atoms with Crippen LogP contribution in [-0.4, -0.2) is 38.0 Å². The van der Waals surface area contributed by atoms with Gasteiger partial charge in [-0.25, -0.2) is 9.50 Å². The van der Waals surface area contributed by atoms with Crippen LogP contribution in [0.3, 0.4) is 0 Å². The van der Waals surface area contributed by atoms with Crippen molar-refractivity contribution in [3.05, 3.63) is 52.3 Å². The molecule has 1 saturated heterocycles. The van der Waals surface area contributed by atoms with E-state index in [-0.39, 0.29) is 29.0 Å². The Bertz CT molecular complexity index is 1060. The fraction of sp³-hybridized carbons (Fsp3) is 0.350. The Morgan fingerprint density at radius 1 is 1.17 bits per heavy atom. The molecule has 0 aliphatic carbocycles. The van der Waals surface area contributed by atoms with E-state index in [0.717, 1.165) is 29.8 Å². The minimum Gasteiger partial charge on any atom is -0.335 e. The molecule has 0 radical (unpaired) electrons. The monoisotopic (exact) mass is 466 g/mol. The van der Waals surface area contributed by atoms with Crippen molar-refractivity contribution in [1.82, 2.24) is 19.5 Å². The second kappa shape index (κ2) is 7.44. The van der Waals surface area contributed by atoms with Gasteiger partial charge in [0.1, 0.15) is 0 Å². The third kappa shape index (κ3) is 3.88. The summed E-state index contributed by atoms with van der Waals surface area (Å²) >= 11 is 3.31. The molecule has 29 heavy (non-hydrogen) atoms. The molecular formula is C20H18BrF3N4O. The number of hydrogen-bond donors (Lipinski definition) is 0. The van der Waals surface area contributed by atoms with Crippen molar-refractivity contribution in [3.63, 3.8) is 0 Å². The summed E-state index contributed by atoms with van der Waals surface area (Å²) in [7, 11) is 0. The standard InChI is InChI=1S/C20H18BrF3N4O/c1-12-4-2-3-9-27(12)19(29)16-11-18-25-15(13-5-7-14(21)8-6-13)10-17(20(22,23)24)28(18)26-16/h5-8,10-12H,2-4,9H2,1H3. The fourth-order valence-electron chi connectivity index (χ4n) is 3.60. The SMILES string of the molecule is CC1CCCCN1C(=O)c1cc2nc(-c3ccc(Br)cc3)cc(C(F)(F)F)n2n1. The summed E-state index contributed by atoms with van der Waals surface area (Å²) in [5.41, 5.74) is -0.288. The van der Waals surface area contributed by atoms with Gasteiger partial charge in [-0.05, 0) is 44.4 Å². The molecule has 0 spiro atoms. The number of rotatable bonds is 2. The van der Waals surface area contributed by atoms with Crippen LogP contribution in [0.1, 0.15) is 42.4 Å². The van der Waals surface area contributed by atoms with E-state index in [4.69, 9.17) is 0 Å². The van der Waals surface area contributed by atoms with Crippen LogP contribution >= 0.6 is 15.9 Å². The van der Waals surface area contributed by atoms with E-state index in [2.05, 4.69) is 26.0 Å². The van der Waals surface area contributed by atoms with Crippen LogP contribution in [0.25, 0.3) is 16.9 Å². The van der Waals surface area contributed by atoms with E-state index in [1.165, 1.54) is 6.07 Å². The molecule has 9 heteroatoms. The number of nitrogens with zero attached hydrogens (tertiary/aromatic N) is 4. The van der Waals surface area contributed by atoms with Gasteiger partial charge >= 0.3 is 6.18 Å². The van der Waals surface area contributed by atoms with Crippen LogP contribution in [0.2, 0.25) is 0 Å². The van der Waals surface area contributed by atoms with Crippen LogP contribution in [0.4, 0.5) is 13.2 Å². The second-order valence-electron chi connectivity index (χ2n) is 7.17. The van der Waals surface area contributed by atoms with Crippen LogP contribution in [0, 0.1) is 0 Å². The molecule has 3 heterocycles. The first-order valence-electron chi connectivity index (χ1n) is 9.29. The van der Waals surface area contributed by atoms with Gasteiger partial charge in [0.05, 0.1) is 5.69 Å². The Hall–Kier alpha value is -2.42. The van der Waals surface area contributed by atoms with Crippen LogP contribution in [0.15, 0.2) is 40.9 Å². The molecule has 1 fully saturated rings. The molecule has 1 aromatic carbocycles. The van der Waals surface area contributed by atoms with Crippen molar-refractivity contribution in [1.29, 1.82) is 0 Å². The van der Waals surface area contributed by atoms with Gasteiger partial charge in [-0.3, -0.25) is 4.79 Å². The Labute approximate surface area is 173 Å². The van der Waals surface area contributed by atoms with Crippen molar-refractivity contribution in [3.8, 4) is 11.3 Å². The zero-order valence-corrected chi connectivity index (χ0v) is 17.2. The van der Waals surface area contributed by atoms with Gasteiger partial charge in [0.15, 0.2) is 17.0 Å². The third-order valence-electron chi connectivity index (χ3n) is 5.14. The van der Waals surface area contributed by atoms with E-state index in [0.29, 0.717) is 16.6 Å². The number of carbonyl (C=O) groups is 1. The van der Waals surface area contributed by atoms with Gasteiger partial charge < -0.3 is 4.90 Å². The average molecular weight is 467 g/mol. The van der Waals surface area contributed by atoms with Crippen LogP contribution < -0.4 is 0 Å². The van der Waals surface area contributed by atoms with E-state index in [1.807, 2.05) is 6.92 Å². The number of halogens is 4. The molecule has 1 aliphatic rings. The summed E-state index contributed by atoms with van der Waals surface area (Å²) in [6.07, 6.45) is -1.86. The number of fused-ring (bicyclic) bond motifs is 1. The van der Waals surface area contributed by atoms with E-state index in [1.54, 1.807) is 29.2 Å². The summed E-state index contributed by atoms with van der Waals surface area (Å²) in [5, 5.41) is 3.97. The first-order valence-corrected chi connectivity index (χ1v) is 10.1. The van der Waals surface area contributed by atoms with Crippen molar-refractivity contribution in [2.24, 2.45) is 0 Å². The highest BCUT2D eigenvalue weighted by atomic mass is 79.9.